The third-order valence-electron chi connectivity index (χ3n) is 4.12. The van der Waals surface area contributed by atoms with E-state index in [4.69, 9.17) is 5.73 Å². The highest BCUT2D eigenvalue weighted by Crippen LogP contribution is 2.18. The quantitative estimate of drug-likeness (QED) is 0.754. The van der Waals surface area contributed by atoms with E-state index in [-0.39, 0.29) is 5.91 Å². The molecule has 0 aliphatic heterocycles. The number of hydrogen-bond donors (Lipinski definition) is 2. The monoisotopic (exact) mass is 321 g/mol. The summed E-state index contributed by atoms with van der Waals surface area (Å²) in [4.78, 5) is 24.3. The number of nitrogens with zero attached hydrogens (tertiary/aromatic N) is 1. The van der Waals surface area contributed by atoms with E-state index < -0.39 is 11.9 Å². The van der Waals surface area contributed by atoms with Crippen LogP contribution in [0.3, 0.4) is 0 Å². The standard InChI is InChI=1S/C19H19N3O2/c1-22-16-10-6-5-9-14(16)12-17(22)19(24)21-15(18(20)23)11-13-7-3-2-4-8-13/h2-10,12,15H,11H2,1H3,(H2,20,23)(H,21,24)/t15-/m1/s1. The average Bonchev–Trinajstić information content (AvgIpc) is 2.92. The van der Waals surface area contributed by atoms with E-state index in [1.54, 1.807) is 0 Å². The summed E-state index contributed by atoms with van der Waals surface area (Å²) in [6.07, 6.45) is 0.367. The molecular weight excluding hydrogens is 302 g/mol. The Morgan fingerprint density at radius 3 is 2.42 bits per heavy atom. The maximum atomic E-state index is 12.6. The molecule has 5 heteroatoms. The fourth-order valence-electron chi connectivity index (χ4n) is 2.81. The zero-order chi connectivity index (χ0) is 17.1. The summed E-state index contributed by atoms with van der Waals surface area (Å²) in [6, 6.07) is 18.3. The first-order valence-corrected chi connectivity index (χ1v) is 7.75. The van der Waals surface area contributed by atoms with E-state index in [1.165, 1.54) is 0 Å². The van der Waals surface area contributed by atoms with Gasteiger partial charge in [-0.05, 0) is 17.7 Å². The molecule has 0 spiro atoms. The van der Waals surface area contributed by atoms with Crippen LogP contribution in [0.15, 0.2) is 60.7 Å². The predicted molar refractivity (Wildman–Crippen MR) is 93.5 cm³/mol. The number of rotatable bonds is 5. The molecule has 3 N–H and O–H groups in total. The molecule has 0 aliphatic rings. The van der Waals surface area contributed by atoms with Crippen LogP contribution in [0.2, 0.25) is 0 Å². The maximum Gasteiger partial charge on any atom is 0.268 e. The second kappa shape index (κ2) is 6.58. The number of aryl methyl sites for hydroxylation is 1. The Bertz CT molecular complexity index is 884. The van der Waals surface area contributed by atoms with Crippen LogP contribution in [-0.2, 0) is 18.3 Å². The minimum Gasteiger partial charge on any atom is -0.368 e. The molecule has 24 heavy (non-hydrogen) atoms. The van der Waals surface area contributed by atoms with Gasteiger partial charge in [-0.2, -0.15) is 0 Å². The number of hydrogen-bond acceptors (Lipinski definition) is 2. The van der Waals surface area contributed by atoms with Gasteiger partial charge in [0.05, 0.1) is 0 Å². The van der Waals surface area contributed by atoms with Gasteiger partial charge < -0.3 is 15.6 Å². The molecule has 1 heterocycles. The van der Waals surface area contributed by atoms with Crippen molar-refractivity contribution in [1.29, 1.82) is 0 Å². The van der Waals surface area contributed by atoms with Crippen LogP contribution < -0.4 is 11.1 Å². The number of carbonyl (C=O) groups is 2. The molecule has 0 unspecified atom stereocenters. The van der Waals surface area contributed by atoms with Crippen molar-refractivity contribution >= 4 is 22.7 Å². The molecular formula is C19H19N3O2. The molecule has 1 aromatic heterocycles. The van der Waals surface area contributed by atoms with Crippen molar-refractivity contribution in [2.24, 2.45) is 12.8 Å². The SMILES string of the molecule is Cn1c(C(=O)N[C@H](Cc2ccccc2)C(N)=O)cc2ccccc21. The van der Waals surface area contributed by atoms with E-state index >= 15 is 0 Å². The first-order valence-electron chi connectivity index (χ1n) is 7.75. The van der Waals surface area contributed by atoms with E-state index in [9.17, 15) is 9.59 Å². The molecule has 0 fully saturated rings. The third-order valence-corrected chi connectivity index (χ3v) is 4.12. The van der Waals surface area contributed by atoms with Gasteiger partial charge in [0.2, 0.25) is 5.91 Å². The van der Waals surface area contributed by atoms with Crippen molar-refractivity contribution in [2.45, 2.75) is 12.5 Å². The number of benzene rings is 2. The van der Waals surface area contributed by atoms with Crippen molar-refractivity contribution in [3.8, 4) is 0 Å². The molecule has 0 saturated heterocycles. The molecule has 0 saturated carbocycles. The molecule has 1 atom stereocenters. The molecule has 3 aromatic rings. The van der Waals surface area contributed by atoms with Gasteiger partial charge in [-0.3, -0.25) is 9.59 Å². The van der Waals surface area contributed by atoms with E-state index in [0.717, 1.165) is 16.5 Å². The molecule has 5 nitrogen and oxygen atoms in total. The predicted octanol–water partition coefficient (Wildman–Crippen LogP) is 2.00. The topological polar surface area (TPSA) is 77.1 Å². The third kappa shape index (κ3) is 3.15. The second-order valence-corrected chi connectivity index (χ2v) is 5.77. The van der Waals surface area contributed by atoms with Crippen LogP contribution >= 0.6 is 0 Å². The summed E-state index contributed by atoms with van der Waals surface area (Å²) < 4.78 is 1.81. The number of nitrogens with two attached hydrogens (primary N) is 1. The number of amides is 2. The van der Waals surface area contributed by atoms with Crippen LogP contribution in [0.25, 0.3) is 10.9 Å². The minimum absolute atomic E-state index is 0.312. The molecule has 2 aromatic carbocycles. The van der Waals surface area contributed by atoms with Crippen molar-refractivity contribution in [3.05, 3.63) is 71.9 Å². The summed E-state index contributed by atoms with van der Waals surface area (Å²) in [5.41, 5.74) is 7.86. The van der Waals surface area contributed by atoms with Gasteiger partial charge in [0.25, 0.3) is 5.91 Å². The highest BCUT2D eigenvalue weighted by molar-refractivity contribution is 6.00. The highest BCUT2D eigenvalue weighted by Gasteiger charge is 2.21. The van der Waals surface area contributed by atoms with Crippen LogP contribution in [0.4, 0.5) is 0 Å². The van der Waals surface area contributed by atoms with Crippen molar-refractivity contribution in [2.75, 3.05) is 0 Å². The Kier molecular flexibility index (Phi) is 4.33. The van der Waals surface area contributed by atoms with Gasteiger partial charge in [-0.15, -0.1) is 0 Å². The number of para-hydroxylation sites is 1. The van der Waals surface area contributed by atoms with E-state index in [0.29, 0.717) is 12.1 Å². The second-order valence-electron chi connectivity index (χ2n) is 5.77. The zero-order valence-electron chi connectivity index (χ0n) is 13.4. The Hall–Kier alpha value is -3.08. The Morgan fingerprint density at radius 1 is 1.08 bits per heavy atom. The molecule has 0 aliphatic carbocycles. The molecule has 2 amide bonds. The lowest BCUT2D eigenvalue weighted by Gasteiger charge is -2.16. The summed E-state index contributed by atoms with van der Waals surface area (Å²) >= 11 is 0. The summed E-state index contributed by atoms with van der Waals surface area (Å²) in [5, 5.41) is 3.72. The van der Waals surface area contributed by atoms with Gasteiger partial charge in [-0.25, -0.2) is 0 Å². The minimum atomic E-state index is -0.752. The lowest BCUT2D eigenvalue weighted by atomic mass is 10.1. The van der Waals surface area contributed by atoms with E-state index in [1.807, 2.05) is 72.3 Å². The summed E-state index contributed by atoms with van der Waals surface area (Å²) in [7, 11) is 1.83. The Balaban J connectivity index is 1.82. The van der Waals surface area contributed by atoms with Gasteiger partial charge >= 0.3 is 0 Å². The van der Waals surface area contributed by atoms with Crippen molar-refractivity contribution < 1.29 is 9.59 Å². The largest absolute Gasteiger partial charge is 0.368 e. The average molecular weight is 321 g/mol. The fraction of sp³-hybridized carbons (Fsp3) is 0.158. The van der Waals surface area contributed by atoms with Crippen LogP contribution in [0.1, 0.15) is 16.1 Å². The maximum absolute atomic E-state index is 12.6. The van der Waals surface area contributed by atoms with Gasteiger partial charge in [0, 0.05) is 24.4 Å². The van der Waals surface area contributed by atoms with Gasteiger partial charge in [0.15, 0.2) is 0 Å². The fourth-order valence-corrected chi connectivity index (χ4v) is 2.81. The lowest BCUT2D eigenvalue weighted by Crippen LogP contribution is -2.46. The molecule has 3 rings (SSSR count). The Labute approximate surface area is 140 Å². The summed E-state index contributed by atoms with van der Waals surface area (Å²) in [5.74, 6) is -0.862. The molecule has 0 bridgehead atoms. The lowest BCUT2D eigenvalue weighted by molar-refractivity contribution is -0.119. The van der Waals surface area contributed by atoms with Crippen LogP contribution in [-0.4, -0.2) is 22.4 Å². The number of carbonyl (C=O) groups excluding carboxylic acids is 2. The number of primary amides is 1. The summed E-state index contributed by atoms with van der Waals surface area (Å²) in [6.45, 7) is 0. The van der Waals surface area contributed by atoms with Crippen LogP contribution in [0, 0.1) is 0 Å². The zero-order valence-corrected chi connectivity index (χ0v) is 13.4. The molecule has 122 valence electrons. The number of nitrogens with one attached hydrogen (secondary N) is 1. The highest BCUT2D eigenvalue weighted by atomic mass is 16.2. The number of aromatic nitrogens is 1. The van der Waals surface area contributed by atoms with Crippen molar-refractivity contribution in [3.63, 3.8) is 0 Å². The Morgan fingerprint density at radius 2 is 1.75 bits per heavy atom. The van der Waals surface area contributed by atoms with Gasteiger partial charge in [-0.1, -0.05) is 48.5 Å². The van der Waals surface area contributed by atoms with Gasteiger partial charge in [0.1, 0.15) is 11.7 Å². The first-order chi connectivity index (χ1) is 11.6. The number of fused-ring (bicyclic) bond motifs is 1. The molecule has 0 radical (unpaired) electrons. The normalized spacial score (nSPS) is 12.0. The van der Waals surface area contributed by atoms with E-state index in [2.05, 4.69) is 5.32 Å². The first kappa shape index (κ1) is 15.8. The van der Waals surface area contributed by atoms with Crippen LogP contribution in [0.5, 0.6) is 0 Å². The smallest absolute Gasteiger partial charge is 0.268 e. The van der Waals surface area contributed by atoms with Crippen molar-refractivity contribution in [1.82, 2.24) is 9.88 Å².